The number of fused-ring (bicyclic) bond motifs is 1. The third-order valence-corrected chi connectivity index (χ3v) is 2.83. The van der Waals surface area contributed by atoms with E-state index in [1.807, 2.05) is 18.2 Å². The first-order valence-corrected chi connectivity index (χ1v) is 5.88. The minimum absolute atomic E-state index is 1.30. The lowest BCUT2D eigenvalue weighted by Gasteiger charge is -2.13. The molecule has 0 amide bonds. The van der Waals surface area contributed by atoms with E-state index in [1.165, 1.54) is 25.7 Å². The van der Waals surface area contributed by atoms with Gasteiger partial charge in [0.2, 0.25) is 0 Å². The molecule has 0 radical (unpaired) electrons. The van der Waals surface area contributed by atoms with Crippen LogP contribution in [0, 0.1) is 0 Å². The Hall–Kier alpha value is -1.63. The molecule has 0 saturated carbocycles. The number of hydrogen-bond donors (Lipinski definition) is 0. The van der Waals surface area contributed by atoms with E-state index in [0.29, 0.717) is 0 Å². The standard InChI is InChI=1S/C10H12.C5H5N/c1-2-6-10-8-4-3-7-9(10)5-1;1-2-4-6-5-3-1/h1-2,5-6H,3-4,7-8H2;1-5H. The van der Waals surface area contributed by atoms with Gasteiger partial charge in [-0.15, -0.1) is 0 Å². The van der Waals surface area contributed by atoms with Crippen molar-refractivity contribution in [3.8, 4) is 0 Å². The number of nitrogens with zero attached hydrogens (tertiary/aromatic N) is 1. The molecular weight excluding hydrogens is 194 g/mol. The Balaban J connectivity index is 0.000000138. The van der Waals surface area contributed by atoms with E-state index in [-0.39, 0.29) is 0 Å². The summed E-state index contributed by atoms with van der Waals surface area (Å²) in [6.45, 7) is 0. The van der Waals surface area contributed by atoms with Crippen molar-refractivity contribution in [2.45, 2.75) is 25.7 Å². The molecule has 0 fully saturated rings. The van der Waals surface area contributed by atoms with Crippen LogP contribution in [0.3, 0.4) is 0 Å². The van der Waals surface area contributed by atoms with Gasteiger partial charge < -0.3 is 0 Å². The topological polar surface area (TPSA) is 12.9 Å². The lowest BCUT2D eigenvalue weighted by Crippen LogP contribution is -2.00. The van der Waals surface area contributed by atoms with Crippen molar-refractivity contribution >= 4 is 0 Å². The van der Waals surface area contributed by atoms with Crippen molar-refractivity contribution in [3.63, 3.8) is 0 Å². The van der Waals surface area contributed by atoms with Crippen molar-refractivity contribution in [1.29, 1.82) is 0 Å². The van der Waals surface area contributed by atoms with Gasteiger partial charge in [-0.3, -0.25) is 4.98 Å². The molecule has 0 bridgehead atoms. The average molecular weight is 211 g/mol. The second-order valence-corrected chi connectivity index (χ2v) is 4.00. The lowest BCUT2D eigenvalue weighted by molar-refractivity contribution is 0.685. The largest absolute Gasteiger partial charge is 0.265 e. The van der Waals surface area contributed by atoms with Crippen LogP contribution < -0.4 is 0 Å². The fraction of sp³-hybridized carbons (Fsp3) is 0.267. The van der Waals surface area contributed by atoms with E-state index < -0.39 is 0 Å². The molecule has 0 N–H and O–H groups in total. The fourth-order valence-corrected chi connectivity index (χ4v) is 1.99. The van der Waals surface area contributed by atoms with Crippen LogP contribution >= 0.6 is 0 Å². The summed E-state index contributed by atoms with van der Waals surface area (Å²) in [6, 6.07) is 14.5. The van der Waals surface area contributed by atoms with Gasteiger partial charge in [0.05, 0.1) is 0 Å². The maximum atomic E-state index is 3.78. The number of hydrogen-bond acceptors (Lipinski definition) is 1. The van der Waals surface area contributed by atoms with Gasteiger partial charge in [0, 0.05) is 12.4 Å². The van der Waals surface area contributed by atoms with Crippen LogP contribution in [0.5, 0.6) is 0 Å². The Morgan fingerprint density at radius 3 is 1.62 bits per heavy atom. The molecule has 0 atom stereocenters. The highest BCUT2D eigenvalue weighted by Gasteiger charge is 2.05. The third-order valence-electron chi connectivity index (χ3n) is 2.83. The molecule has 1 heterocycles. The second kappa shape index (κ2) is 6.06. The monoisotopic (exact) mass is 211 g/mol. The quantitative estimate of drug-likeness (QED) is 0.648. The maximum absolute atomic E-state index is 3.78. The first kappa shape index (κ1) is 10.9. The first-order valence-electron chi connectivity index (χ1n) is 5.88. The van der Waals surface area contributed by atoms with E-state index in [9.17, 15) is 0 Å². The summed E-state index contributed by atoms with van der Waals surface area (Å²) in [5, 5.41) is 0. The van der Waals surface area contributed by atoms with Crippen molar-refractivity contribution in [1.82, 2.24) is 4.98 Å². The predicted molar refractivity (Wildman–Crippen MR) is 67.3 cm³/mol. The van der Waals surface area contributed by atoms with Gasteiger partial charge in [0.1, 0.15) is 0 Å². The van der Waals surface area contributed by atoms with Crippen LogP contribution in [0.2, 0.25) is 0 Å². The molecule has 0 aliphatic heterocycles. The summed E-state index contributed by atoms with van der Waals surface area (Å²) in [7, 11) is 0. The molecule has 16 heavy (non-hydrogen) atoms. The van der Waals surface area contributed by atoms with Crippen LogP contribution in [0.25, 0.3) is 0 Å². The number of benzene rings is 1. The predicted octanol–water partition coefficient (Wildman–Crippen LogP) is 3.65. The van der Waals surface area contributed by atoms with E-state index in [0.717, 1.165) is 0 Å². The Kier molecular flexibility index (Phi) is 4.12. The van der Waals surface area contributed by atoms with E-state index >= 15 is 0 Å². The SMILES string of the molecule is c1ccc2c(c1)CCCC2.c1ccncc1. The van der Waals surface area contributed by atoms with Gasteiger partial charge in [-0.25, -0.2) is 0 Å². The highest BCUT2D eigenvalue weighted by atomic mass is 14.6. The summed E-state index contributed by atoms with van der Waals surface area (Å²) in [5.41, 5.74) is 3.16. The summed E-state index contributed by atoms with van der Waals surface area (Å²) in [4.78, 5) is 3.78. The minimum Gasteiger partial charge on any atom is -0.265 e. The third kappa shape index (κ3) is 3.20. The first-order chi connectivity index (χ1) is 7.97. The van der Waals surface area contributed by atoms with Crippen molar-refractivity contribution in [2.75, 3.05) is 0 Å². The summed E-state index contributed by atoms with van der Waals surface area (Å²) < 4.78 is 0. The molecule has 2 aromatic rings. The molecular formula is C15H17N. The van der Waals surface area contributed by atoms with Gasteiger partial charge in [0.25, 0.3) is 0 Å². The van der Waals surface area contributed by atoms with Gasteiger partial charge in [-0.1, -0.05) is 30.3 Å². The summed E-state index contributed by atoms with van der Waals surface area (Å²) in [6.07, 6.45) is 8.88. The zero-order chi connectivity index (χ0) is 11.1. The normalized spacial score (nSPS) is 13.2. The lowest BCUT2D eigenvalue weighted by atomic mass is 9.92. The second-order valence-electron chi connectivity index (χ2n) is 4.00. The van der Waals surface area contributed by atoms with Gasteiger partial charge >= 0.3 is 0 Å². The zero-order valence-electron chi connectivity index (χ0n) is 9.47. The van der Waals surface area contributed by atoms with E-state index in [4.69, 9.17) is 0 Å². The van der Waals surface area contributed by atoms with Crippen LogP contribution in [-0.4, -0.2) is 4.98 Å². The Labute approximate surface area is 97.2 Å². The van der Waals surface area contributed by atoms with Crippen LogP contribution in [0.15, 0.2) is 54.9 Å². The number of pyridine rings is 1. The smallest absolute Gasteiger partial charge is 0.0267 e. The maximum Gasteiger partial charge on any atom is 0.0267 e. The van der Waals surface area contributed by atoms with Crippen molar-refractivity contribution in [2.24, 2.45) is 0 Å². The molecule has 1 heteroatoms. The highest BCUT2D eigenvalue weighted by molar-refractivity contribution is 5.28. The molecule has 1 nitrogen and oxygen atoms in total. The Morgan fingerprint density at radius 2 is 1.25 bits per heavy atom. The molecule has 1 aromatic heterocycles. The van der Waals surface area contributed by atoms with Crippen LogP contribution in [-0.2, 0) is 12.8 Å². The van der Waals surface area contributed by atoms with E-state index in [1.54, 1.807) is 23.5 Å². The van der Waals surface area contributed by atoms with Gasteiger partial charge in [-0.2, -0.15) is 0 Å². The van der Waals surface area contributed by atoms with E-state index in [2.05, 4.69) is 29.2 Å². The molecule has 1 aliphatic rings. The van der Waals surface area contributed by atoms with Crippen LogP contribution in [0.1, 0.15) is 24.0 Å². The van der Waals surface area contributed by atoms with Crippen molar-refractivity contribution in [3.05, 3.63) is 66.0 Å². The van der Waals surface area contributed by atoms with Crippen LogP contribution in [0.4, 0.5) is 0 Å². The fourth-order valence-electron chi connectivity index (χ4n) is 1.99. The minimum atomic E-state index is 1.30. The van der Waals surface area contributed by atoms with Gasteiger partial charge in [-0.05, 0) is 48.9 Å². The molecule has 3 rings (SSSR count). The molecule has 1 aromatic carbocycles. The summed E-state index contributed by atoms with van der Waals surface area (Å²) >= 11 is 0. The average Bonchev–Trinajstić information content (AvgIpc) is 2.42. The van der Waals surface area contributed by atoms with Gasteiger partial charge in [0.15, 0.2) is 0 Å². The zero-order valence-corrected chi connectivity index (χ0v) is 9.47. The number of aromatic nitrogens is 1. The molecule has 0 saturated heterocycles. The molecule has 0 unspecified atom stereocenters. The molecule has 82 valence electrons. The number of rotatable bonds is 0. The summed E-state index contributed by atoms with van der Waals surface area (Å²) in [5.74, 6) is 0. The Morgan fingerprint density at radius 1 is 0.688 bits per heavy atom. The molecule has 0 spiro atoms. The Bertz CT molecular complexity index is 357. The molecule has 1 aliphatic carbocycles. The van der Waals surface area contributed by atoms with Crippen molar-refractivity contribution < 1.29 is 0 Å². The highest BCUT2D eigenvalue weighted by Crippen LogP contribution is 2.19. The number of aryl methyl sites for hydroxylation is 2.